The van der Waals surface area contributed by atoms with Crippen molar-refractivity contribution >= 4 is 5.78 Å². The van der Waals surface area contributed by atoms with Crippen LogP contribution in [0.5, 0.6) is 0 Å². The Kier molecular flexibility index (Phi) is 2.10. The topological polar surface area (TPSA) is 42.9 Å². The lowest BCUT2D eigenvalue weighted by Crippen LogP contribution is -2.06. The van der Waals surface area contributed by atoms with Crippen molar-refractivity contribution in [1.82, 2.24) is 9.97 Å². The largest absolute Gasteiger partial charge is 0.294 e. The quantitative estimate of drug-likeness (QED) is 0.680. The van der Waals surface area contributed by atoms with Crippen LogP contribution in [0.4, 0.5) is 0 Å². The molecule has 0 unspecified atom stereocenters. The molecular formula is C11H14N2O. The molecule has 1 heterocycles. The Balaban J connectivity index is 2.57. The van der Waals surface area contributed by atoms with E-state index in [2.05, 4.69) is 23.8 Å². The third kappa shape index (κ3) is 1.33. The second kappa shape index (κ2) is 3.15. The number of nitrogens with zero attached hydrogens (tertiary/aromatic N) is 2. The van der Waals surface area contributed by atoms with Crippen molar-refractivity contribution < 1.29 is 4.79 Å². The molecule has 1 aromatic rings. The van der Waals surface area contributed by atoms with Crippen LogP contribution in [-0.4, -0.2) is 15.8 Å². The van der Waals surface area contributed by atoms with Crippen molar-refractivity contribution in [3.63, 3.8) is 0 Å². The third-order valence-electron chi connectivity index (χ3n) is 2.57. The minimum atomic E-state index is 0.202. The Bertz CT molecular complexity index is 397. The molecule has 1 aromatic heterocycles. The molecule has 2 rings (SSSR count). The number of carbonyl (C=O) groups is 1. The number of fused-ring (bicyclic) bond motifs is 1. The molecule has 1 aliphatic carbocycles. The molecule has 0 aromatic carbocycles. The maximum absolute atomic E-state index is 11.5. The maximum Gasteiger partial charge on any atom is 0.166 e. The first-order chi connectivity index (χ1) is 6.59. The lowest BCUT2D eigenvalue weighted by Gasteiger charge is -2.07. The molecule has 0 spiro atoms. The number of carbonyl (C=O) groups excluding carboxylic acids is 1. The molecule has 0 bridgehead atoms. The van der Waals surface area contributed by atoms with Crippen molar-refractivity contribution in [1.29, 1.82) is 0 Å². The number of rotatable bonds is 1. The van der Waals surface area contributed by atoms with Gasteiger partial charge in [-0.1, -0.05) is 13.8 Å². The molecule has 74 valence electrons. The zero-order valence-corrected chi connectivity index (χ0v) is 8.79. The summed E-state index contributed by atoms with van der Waals surface area (Å²) in [6.07, 6.45) is 1.39. The van der Waals surface area contributed by atoms with Gasteiger partial charge in [0.25, 0.3) is 0 Å². The van der Waals surface area contributed by atoms with Crippen molar-refractivity contribution in [2.24, 2.45) is 0 Å². The molecule has 0 radical (unpaired) electrons. The van der Waals surface area contributed by atoms with Gasteiger partial charge in [0, 0.05) is 12.3 Å². The van der Waals surface area contributed by atoms with Crippen LogP contribution in [0.2, 0.25) is 0 Å². The lowest BCUT2D eigenvalue weighted by molar-refractivity contribution is 0.0993. The highest BCUT2D eigenvalue weighted by Crippen LogP contribution is 2.24. The lowest BCUT2D eigenvalue weighted by atomic mass is 10.1. The van der Waals surface area contributed by atoms with Gasteiger partial charge >= 0.3 is 0 Å². The standard InChI is InChI=1S/C11H14N2O/c1-6(2)11-12-7(3)10-8(13-11)4-5-9(10)14/h6H,4-5H2,1-3H3. The van der Waals surface area contributed by atoms with Crippen molar-refractivity contribution in [3.8, 4) is 0 Å². The Hall–Kier alpha value is -1.25. The third-order valence-corrected chi connectivity index (χ3v) is 2.57. The first-order valence-corrected chi connectivity index (χ1v) is 5.00. The van der Waals surface area contributed by atoms with Gasteiger partial charge in [-0.05, 0) is 13.3 Å². The van der Waals surface area contributed by atoms with Crippen LogP contribution in [0.15, 0.2) is 0 Å². The fraction of sp³-hybridized carbons (Fsp3) is 0.545. The Morgan fingerprint density at radius 3 is 2.57 bits per heavy atom. The smallest absolute Gasteiger partial charge is 0.166 e. The molecule has 0 aliphatic heterocycles. The average molecular weight is 190 g/mol. The maximum atomic E-state index is 11.5. The zero-order chi connectivity index (χ0) is 10.3. The van der Waals surface area contributed by atoms with E-state index in [1.165, 1.54) is 0 Å². The Morgan fingerprint density at radius 2 is 1.93 bits per heavy atom. The van der Waals surface area contributed by atoms with Crippen LogP contribution in [0.25, 0.3) is 0 Å². The van der Waals surface area contributed by atoms with Gasteiger partial charge in [0.1, 0.15) is 5.82 Å². The van der Waals surface area contributed by atoms with Gasteiger partial charge < -0.3 is 0 Å². The van der Waals surface area contributed by atoms with Crippen LogP contribution in [0.1, 0.15) is 53.8 Å². The number of aryl methyl sites for hydroxylation is 2. The highest BCUT2D eigenvalue weighted by molar-refractivity contribution is 6.00. The summed E-state index contributed by atoms with van der Waals surface area (Å²) < 4.78 is 0. The van der Waals surface area contributed by atoms with Crippen molar-refractivity contribution in [2.75, 3.05) is 0 Å². The van der Waals surface area contributed by atoms with E-state index in [1.54, 1.807) is 0 Å². The van der Waals surface area contributed by atoms with Crippen LogP contribution < -0.4 is 0 Å². The first-order valence-electron chi connectivity index (χ1n) is 5.00. The Morgan fingerprint density at radius 1 is 1.21 bits per heavy atom. The number of hydrogen-bond acceptors (Lipinski definition) is 3. The molecule has 14 heavy (non-hydrogen) atoms. The molecule has 3 heteroatoms. The number of aromatic nitrogens is 2. The summed E-state index contributed by atoms with van der Waals surface area (Å²) in [5.41, 5.74) is 2.57. The normalized spacial score (nSPS) is 15.0. The van der Waals surface area contributed by atoms with E-state index in [4.69, 9.17) is 0 Å². The summed E-state index contributed by atoms with van der Waals surface area (Å²) in [6, 6.07) is 0. The predicted octanol–water partition coefficient (Wildman–Crippen LogP) is 2.04. The van der Waals surface area contributed by atoms with Crippen LogP contribution in [0.3, 0.4) is 0 Å². The van der Waals surface area contributed by atoms with Gasteiger partial charge in [0.15, 0.2) is 5.78 Å². The monoisotopic (exact) mass is 190 g/mol. The van der Waals surface area contributed by atoms with Crippen LogP contribution >= 0.6 is 0 Å². The number of ketones is 1. The van der Waals surface area contributed by atoms with Gasteiger partial charge in [-0.25, -0.2) is 9.97 Å². The van der Waals surface area contributed by atoms with Gasteiger partial charge in [-0.15, -0.1) is 0 Å². The molecule has 0 atom stereocenters. The fourth-order valence-corrected chi connectivity index (χ4v) is 1.81. The van der Waals surface area contributed by atoms with Crippen molar-refractivity contribution in [2.45, 2.75) is 39.5 Å². The van der Waals surface area contributed by atoms with E-state index in [9.17, 15) is 4.79 Å². The molecule has 0 amide bonds. The van der Waals surface area contributed by atoms with E-state index < -0.39 is 0 Å². The number of hydrogen-bond donors (Lipinski definition) is 0. The molecular weight excluding hydrogens is 176 g/mol. The van der Waals surface area contributed by atoms with E-state index in [0.29, 0.717) is 12.3 Å². The predicted molar refractivity (Wildman–Crippen MR) is 53.5 cm³/mol. The number of Topliss-reactive ketones (excluding diaryl/α,β-unsaturated/α-hetero) is 1. The van der Waals surface area contributed by atoms with Crippen LogP contribution in [-0.2, 0) is 6.42 Å². The molecule has 0 fully saturated rings. The van der Waals surface area contributed by atoms with Crippen LogP contribution in [0, 0.1) is 6.92 Å². The summed E-state index contributed by atoms with van der Waals surface area (Å²) in [5, 5.41) is 0. The minimum absolute atomic E-state index is 0.202. The zero-order valence-electron chi connectivity index (χ0n) is 8.79. The molecule has 1 aliphatic rings. The van der Waals surface area contributed by atoms with Gasteiger partial charge in [0.05, 0.1) is 17.0 Å². The molecule has 0 N–H and O–H groups in total. The molecule has 0 saturated heterocycles. The van der Waals surface area contributed by atoms with E-state index in [0.717, 1.165) is 29.2 Å². The summed E-state index contributed by atoms with van der Waals surface area (Å²) in [4.78, 5) is 20.3. The highest BCUT2D eigenvalue weighted by Gasteiger charge is 2.24. The first kappa shape index (κ1) is 9.31. The van der Waals surface area contributed by atoms with E-state index in [1.807, 2.05) is 6.92 Å². The van der Waals surface area contributed by atoms with Gasteiger partial charge in [0.2, 0.25) is 0 Å². The average Bonchev–Trinajstić information content (AvgIpc) is 2.48. The summed E-state index contributed by atoms with van der Waals surface area (Å²) >= 11 is 0. The minimum Gasteiger partial charge on any atom is -0.294 e. The highest BCUT2D eigenvalue weighted by atomic mass is 16.1. The fourth-order valence-electron chi connectivity index (χ4n) is 1.81. The molecule has 3 nitrogen and oxygen atoms in total. The van der Waals surface area contributed by atoms with E-state index in [-0.39, 0.29) is 5.78 Å². The summed E-state index contributed by atoms with van der Waals surface area (Å²) in [7, 11) is 0. The molecule has 0 saturated carbocycles. The van der Waals surface area contributed by atoms with Crippen molar-refractivity contribution in [3.05, 3.63) is 22.8 Å². The van der Waals surface area contributed by atoms with E-state index >= 15 is 0 Å². The summed E-state index contributed by atoms with van der Waals surface area (Å²) in [6.45, 7) is 6.03. The SMILES string of the molecule is Cc1nc(C(C)C)nc2c1C(=O)CC2. The van der Waals surface area contributed by atoms with Gasteiger partial charge in [-0.2, -0.15) is 0 Å². The summed E-state index contributed by atoms with van der Waals surface area (Å²) in [5.74, 6) is 1.39. The second-order valence-electron chi connectivity index (χ2n) is 4.07. The van der Waals surface area contributed by atoms with Gasteiger partial charge in [-0.3, -0.25) is 4.79 Å². The second-order valence-corrected chi connectivity index (χ2v) is 4.07. The Labute approximate surface area is 83.6 Å².